The Balaban J connectivity index is 1.97. The van der Waals surface area contributed by atoms with E-state index in [2.05, 4.69) is 52.8 Å². The Kier molecular flexibility index (Phi) is 6.87. The molecule has 0 spiro atoms. The van der Waals surface area contributed by atoms with Gasteiger partial charge in [0.25, 0.3) is 0 Å². The van der Waals surface area contributed by atoms with Crippen molar-refractivity contribution in [2.45, 2.75) is 33.1 Å². The summed E-state index contributed by atoms with van der Waals surface area (Å²) in [5, 5.41) is 1.76. The lowest BCUT2D eigenvalue weighted by Gasteiger charge is -2.14. The molecule has 0 aliphatic carbocycles. The van der Waals surface area contributed by atoms with Gasteiger partial charge in [0, 0.05) is 35.4 Å². The second-order valence-corrected chi connectivity index (χ2v) is 9.18. The Morgan fingerprint density at radius 3 is 2.31 bits per heavy atom. The molecule has 132 valence electrons. The maximum Gasteiger partial charge on any atom is 0.106 e. The first kappa shape index (κ1) is 19.6. The van der Waals surface area contributed by atoms with Crippen molar-refractivity contribution in [2.24, 2.45) is 0 Å². The van der Waals surface area contributed by atoms with Crippen LogP contribution in [-0.4, -0.2) is 4.98 Å². The molecule has 0 N–H and O–H groups in total. The van der Waals surface area contributed by atoms with Crippen LogP contribution in [0.4, 0.5) is 0 Å². The van der Waals surface area contributed by atoms with Crippen LogP contribution in [0.25, 0.3) is 0 Å². The van der Waals surface area contributed by atoms with Gasteiger partial charge in [-0.15, -0.1) is 6.58 Å². The number of benzene rings is 2. The predicted octanol–water partition coefficient (Wildman–Crippen LogP) is 7.84. The number of hydrogen-bond donors (Lipinski definition) is 0. The first-order valence-corrected chi connectivity index (χ1v) is 10.8. The second kappa shape index (κ2) is 9.14. The summed E-state index contributed by atoms with van der Waals surface area (Å²) >= 11 is 12.9. The Bertz CT molecular complexity index is 840. The van der Waals surface area contributed by atoms with Gasteiger partial charge in [-0.05, 0) is 67.9 Å². The van der Waals surface area contributed by atoms with Crippen LogP contribution in [0.5, 0.6) is 0 Å². The van der Waals surface area contributed by atoms with Crippen LogP contribution in [-0.2, 0) is 6.42 Å². The zero-order valence-corrected chi connectivity index (χ0v) is 18.2. The molecular formula is C21H17BrClNS2. The number of aromatic nitrogens is 1. The van der Waals surface area contributed by atoms with Crippen LogP contribution in [0.3, 0.4) is 0 Å². The smallest absolute Gasteiger partial charge is 0.106 e. The first-order valence-electron chi connectivity index (χ1n) is 8.03. The predicted molar refractivity (Wildman–Crippen MR) is 117 cm³/mol. The zero-order chi connectivity index (χ0) is 18.5. The van der Waals surface area contributed by atoms with E-state index in [1.165, 1.54) is 15.4 Å². The molecule has 0 aliphatic rings. The van der Waals surface area contributed by atoms with Crippen LogP contribution in [0.15, 0.2) is 91.4 Å². The minimum Gasteiger partial charge on any atom is -0.246 e. The van der Waals surface area contributed by atoms with Crippen molar-refractivity contribution in [1.29, 1.82) is 0 Å². The topological polar surface area (TPSA) is 12.9 Å². The Morgan fingerprint density at radius 2 is 1.65 bits per heavy atom. The molecule has 1 nitrogen and oxygen atoms in total. The average molecular weight is 463 g/mol. The van der Waals surface area contributed by atoms with E-state index >= 15 is 0 Å². The van der Waals surface area contributed by atoms with Gasteiger partial charge in [0.15, 0.2) is 0 Å². The van der Waals surface area contributed by atoms with Crippen LogP contribution >= 0.6 is 51.1 Å². The third kappa shape index (κ3) is 5.17. The summed E-state index contributed by atoms with van der Waals surface area (Å²) < 4.78 is 1.08. The van der Waals surface area contributed by atoms with Gasteiger partial charge in [0.1, 0.15) is 5.03 Å². The summed E-state index contributed by atoms with van der Waals surface area (Å²) in [6.07, 6.45) is 2.71. The van der Waals surface area contributed by atoms with Crippen LogP contribution in [0, 0.1) is 6.92 Å². The largest absolute Gasteiger partial charge is 0.246 e. The van der Waals surface area contributed by atoms with E-state index < -0.39 is 0 Å². The van der Waals surface area contributed by atoms with Crippen molar-refractivity contribution in [3.05, 3.63) is 88.0 Å². The number of rotatable bonds is 6. The van der Waals surface area contributed by atoms with Gasteiger partial charge < -0.3 is 0 Å². The van der Waals surface area contributed by atoms with E-state index in [9.17, 15) is 0 Å². The molecule has 3 rings (SSSR count). The molecule has 1 aromatic heterocycles. The third-order valence-corrected chi connectivity index (χ3v) is 6.50. The highest BCUT2D eigenvalue weighted by atomic mass is 79.9. The fraction of sp³-hybridized carbons (Fsp3) is 0.0952. The van der Waals surface area contributed by atoms with E-state index in [0.29, 0.717) is 0 Å². The van der Waals surface area contributed by atoms with Crippen molar-refractivity contribution < 1.29 is 0 Å². The van der Waals surface area contributed by atoms with Gasteiger partial charge in [-0.25, -0.2) is 4.98 Å². The number of nitrogens with zero attached hydrogens (tertiary/aromatic N) is 1. The summed E-state index contributed by atoms with van der Waals surface area (Å²) in [6.45, 7) is 5.96. The van der Waals surface area contributed by atoms with Crippen molar-refractivity contribution in [3.63, 3.8) is 0 Å². The molecule has 3 aromatic rings. The van der Waals surface area contributed by atoms with Gasteiger partial charge >= 0.3 is 0 Å². The number of halogens is 2. The molecule has 5 heteroatoms. The van der Waals surface area contributed by atoms with E-state index in [-0.39, 0.29) is 0 Å². The highest BCUT2D eigenvalue weighted by Gasteiger charge is 2.13. The molecule has 0 fully saturated rings. The first-order chi connectivity index (χ1) is 12.5. The molecule has 1 heterocycles. The van der Waals surface area contributed by atoms with E-state index in [1.807, 2.05) is 37.3 Å². The lowest BCUT2D eigenvalue weighted by Crippen LogP contribution is -1.96. The number of pyridine rings is 1. The van der Waals surface area contributed by atoms with Gasteiger partial charge in [-0.1, -0.05) is 57.1 Å². The fourth-order valence-electron chi connectivity index (χ4n) is 2.39. The van der Waals surface area contributed by atoms with Gasteiger partial charge in [-0.2, -0.15) is 0 Å². The summed E-state index contributed by atoms with van der Waals surface area (Å²) in [5.41, 5.74) is 2.22. The van der Waals surface area contributed by atoms with E-state index in [4.69, 9.17) is 16.6 Å². The highest BCUT2D eigenvalue weighted by molar-refractivity contribution is 9.10. The molecule has 0 saturated carbocycles. The maximum atomic E-state index is 6.00. The fourth-order valence-corrected chi connectivity index (χ4v) is 4.91. The van der Waals surface area contributed by atoms with E-state index in [1.54, 1.807) is 23.5 Å². The van der Waals surface area contributed by atoms with Crippen molar-refractivity contribution in [1.82, 2.24) is 4.98 Å². The minimum absolute atomic E-state index is 0.740. The van der Waals surface area contributed by atoms with Crippen LogP contribution in [0.1, 0.15) is 11.3 Å². The molecular weight excluding hydrogens is 446 g/mol. The van der Waals surface area contributed by atoms with E-state index in [0.717, 1.165) is 31.5 Å². The Morgan fingerprint density at radius 1 is 1.04 bits per heavy atom. The van der Waals surface area contributed by atoms with Gasteiger partial charge in [-0.3, -0.25) is 0 Å². The SMILES string of the molecule is C=CCc1c(Sc2ccc(Br)cc2)cc(C)nc1Sc1ccc(Cl)cc1. The molecule has 0 unspecified atom stereocenters. The second-order valence-electron chi connectivity index (χ2n) is 5.65. The molecule has 0 aliphatic heterocycles. The number of hydrogen-bond acceptors (Lipinski definition) is 3. The zero-order valence-electron chi connectivity index (χ0n) is 14.2. The molecule has 0 bridgehead atoms. The lowest BCUT2D eigenvalue weighted by molar-refractivity contribution is 0.950. The summed E-state index contributed by atoms with van der Waals surface area (Å²) in [7, 11) is 0. The van der Waals surface area contributed by atoms with Gasteiger partial charge in [0.2, 0.25) is 0 Å². The Labute approximate surface area is 176 Å². The highest BCUT2D eigenvalue weighted by Crippen LogP contribution is 2.38. The number of aryl methyl sites for hydroxylation is 1. The molecule has 2 aromatic carbocycles. The monoisotopic (exact) mass is 461 g/mol. The third-order valence-electron chi connectivity index (χ3n) is 3.59. The van der Waals surface area contributed by atoms with Crippen molar-refractivity contribution in [3.8, 4) is 0 Å². The van der Waals surface area contributed by atoms with Crippen molar-refractivity contribution in [2.75, 3.05) is 0 Å². The van der Waals surface area contributed by atoms with Crippen LogP contribution < -0.4 is 0 Å². The molecule has 0 amide bonds. The minimum atomic E-state index is 0.740. The summed E-state index contributed by atoms with van der Waals surface area (Å²) in [6, 6.07) is 18.4. The summed E-state index contributed by atoms with van der Waals surface area (Å²) in [4.78, 5) is 8.33. The molecule has 0 atom stereocenters. The molecule has 0 saturated heterocycles. The lowest BCUT2D eigenvalue weighted by atomic mass is 10.2. The van der Waals surface area contributed by atoms with Crippen molar-refractivity contribution >= 4 is 51.1 Å². The van der Waals surface area contributed by atoms with Crippen LogP contribution in [0.2, 0.25) is 5.02 Å². The Hall–Kier alpha value is -1.20. The molecule has 0 radical (unpaired) electrons. The molecule has 26 heavy (non-hydrogen) atoms. The van der Waals surface area contributed by atoms with Gasteiger partial charge in [0.05, 0.1) is 0 Å². The summed E-state index contributed by atoms with van der Waals surface area (Å²) in [5.74, 6) is 0. The quantitative estimate of drug-likeness (QED) is 0.346. The average Bonchev–Trinajstić information content (AvgIpc) is 2.62. The number of allylic oxidation sites excluding steroid dienone is 1. The maximum absolute atomic E-state index is 6.00. The standard InChI is InChI=1S/C21H17BrClNS2/c1-3-4-19-20(25-17-9-5-15(22)6-10-17)13-14(2)24-21(19)26-18-11-7-16(23)8-12-18/h3,5-13H,1,4H2,2H3. The normalized spacial score (nSPS) is 10.7.